The van der Waals surface area contributed by atoms with Crippen molar-refractivity contribution in [2.24, 2.45) is 0 Å². The average molecular weight is 1420 g/mol. The first-order chi connectivity index (χ1) is 49.1. The van der Waals surface area contributed by atoms with Crippen LogP contribution in [0.15, 0.2) is 91.0 Å². The summed E-state index contributed by atoms with van der Waals surface area (Å²) in [5.74, 6) is -1.60. The van der Waals surface area contributed by atoms with Crippen LogP contribution in [0.1, 0.15) is 29.5 Å². The zero-order valence-electron chi connectivity index (χ0n) is 58.5. The largest absolute Gasteiger partial charge is 0.481 e. The molecule has 28 nitrogen and oxygen atoms in total. The number of carboxylic acids is 1. The molecule has 3 rings (SSSR count). The molecule has 0 radical (unpaired) electrons. The standard InChI is InChI=1S/C71H116O28/c72-69(73)16-17-70(74)98-64-62-96-60-58-94-56-54-92-52-50-90-48-46-88-44-42-86-40-38-84-36-34-82-32-30-80-28-26-78-24-22-76-20-18-75-19-21-77-23-25-79-27-29-81-31-33-83-35-37-85-39-41-87-43-45-89-47-49-91-51-53-93-55-57-95-59-61-97-63-65-99-71(66-10-4-1-5-11-66,67-12-6-2-7-13-67)68-14-8-3-9-15-68/h1-15H,16-65H2,(H,72,73). The number of ether oxygens (including phenoxy) is 25. The lowest BCUT2D eigenvalue weighted by Gasteiger charge is -2.36. The molecule has 0 aliphatic carbocycles. The van der Waals surface area contributed by atoms with Crippen molar-refractivity contribution in [2.45, 2.75) is 18.4 Å². The predicted molar refractivity (Wildman–Crippen MR) is 362 cm³/mol. The van der Waals surface area contributed by atoms with Crippen LogP contribution in [0.25, 0.3) is 0 Å². The van der Waals surface area contributed by atoms with Crippen LogP contribution in [0.5, 0.6) is 0 Å². The van der Waals surface area contributed by atoms with E-state index in [1.807, 2.05) is 54.6 Å². The summed E-state index contributed by atoms with van der Waals surface area (Å²) in [6.45, 7) is 21.5. The van der Waals surface area contributed by atoms with Gasteiger partial charge in [-0.2, -0.15) is 0 Å². The van der Waals surface area contributed by atoms with Crippen LogP contribution in [0.2, 0.25) is 0 Å². The van der Waals surface area contributed by atoms with E-state index in [4.69, 9.17) is 124 Å². The molecule has 0 aliphatic rings. The summed E-state index contributed by atoms with van der Waals surface area (Å²) in [6, 6.07) is 30.9. The smallest absolute Gasteiger partial charge is 0.306 e. The van der Waals surface area contributed by atoms with E-state index in [9.17, 15) is 9.59 Å². The minimum absolute atomic E-state index is 0.0712. The Bertz CT molecular complexity index is 2050. The van der Waals surface area contributed by atoms with Gasteiger partial charge in [-0.1, -0.05) is 91.0 Å². The van der Waals surface area contributed by atoms with Gasteiger partial charge in [0.15, 0.2) is 0 Å². The number of benzene rings is 3. The Kier molecular flexibility index (Phi) is 63.4. The molecule has 0 saturated carbocycles. The first-order valence-electron chi connectivity index (χ1n) is 34.6. The summed E-state index contributed by atoms with van der Waals surface area (Å²) in [7, 11) is 0. The van der Waals surface area contributed by atoms with Gasteiger partial charge < -0.3 is 124 Å². The lowest BCUT2D eigenvalue weighted by Crippen LogP contribution is -2.34. The Hall–Kier alpha value is -4.36. The van der Waals surface area contributed by atoms with Crippen molar-refractivity contribution >= 4 is 11.9 Å². The second-order valence-electron chi connectivity index (χ2n) is 20.8. The molecule has 0 heterocycles. The van der Waals surface area contributed by atoms with Crippen LogP contribution in [-0.4, -0.2) is 334 Å². The van der Waals surface area contributed by atoms with E-state index in [0.717, 1.165) is 16.7 Å². The number of carboxylic acid groups (broad SMARTS) is 1. The molecule has 0 amide bonds. The second-order valence-corrected chi connectivity index (χ2v) is 20.8. The van der Waals surface area contributed by atoms with Gasteiger partial charge in [0.1, 0.15) is 12.2 Å². The van der Waals surface area contributed by atoms with E-state index >= 15 is 0 Å². The van der Waals surface area contributed by atoms with Crippen LogP contribution in [-0.2, 0) is 134 Å². The average Bonchev–Trinajstić information content (AvgIpc) is 0.764. The second kappa shape index (κ2) is 70.7. The SMILES string of the molecule is O=C(O)CCC(=O)OCCOCCOCCOCCOCCOCCOCCOCCOCCOCCOCCOCCOCCOCCOCCOCCOCCOCCOCCOCCOCCOCCOCCOCCOC(c1ccccc1)(c1ccccc1)c1ccccc1. The number of carbonyl (C=O) groups is 2. The van der Waals surface area contributed by atoms with Gasteiger partial charge in [0.05, 0.1) is 323 Å². The van der Waals surface area contributed by atoms with Crippen molar-refractivity contribution < 1.29 is 133 Å². The number of hydrogen-bond donors (Lipinski definition) is 1. The molecule has 99 heavy (non-hydrogen) atoms. The van der Waals surface area contributed by atoms with Crippen molar-refractivity contribution in [3.8, 4) is 0 Å². The van der Waals surface area contributed by atoms with Crippen molar-refractivity contribution in [1.29, 1.82) is 0 Å². The minimum atomic E-state index is -1.04. The molecule has 0 saturated heterocycles. The molecule has 3 aromatic rings. The van der Waals surface area contributed by atoms with Crippen molar-refractivity contribution in [3.05, 3.63) is 108 Å². The number of carbonyl (C=O) groups excluding carboxylic acids is 1. The zero-order chi connectivity index (χ0) is 70.0. The predicted octanol–water partition coefficient (Wildman–Crippen LogP) is 4.78. The molecule has 0 unspecified atom stereocenters. The van der Waals surface area contributed by atoms with E-state index in [1.165, 1.54) is 0 Å². The molecular weight excluding hydrogens is 1300 g/mol. The van der Waals surface area contributed by atoms with Crippen molar-refractivity contribution in [3.63, 3.8) is 0 Å². The van der Waals surface area contributed by atoms with Crippen molar-refractivity contribution in [2.75, 3.05) is 317 Å². The molecule has 0 bridgehead atoms. The fourth-order valence-corrected chi connectivity index (χ4v) is 8.46. The molecule has 568 valence electrons. The molecule has 0 atom stereocenters. The quantitative estimate of drug-likeness (QED) is 0.0452. The molecular formula is C71H116O28. The summed E-state index contributed by atoms with van der Waals surface area (Å²) in [5.41, 5.74) is 2.41. The third-order valence-corrected chi connectivity index (χ3v) is 13.3. The molecule has 1 N–H and O–H groups in total. The molecule has 0 spiro atoms. The lowest BCUT2D eigenvalue weighted by molar-refractivity contribution is -0.149. The van der Waals surface area contributed by atoms with E-state index < -0.39 is 17.5 Å². The lowest BCUT2D eigenvalue weighted by atomic mass is 9.80. The highest BCUT2D eigenvalue weighted by atomic mass is 16.6. The van der Waals surface area contributed by atoms with Gasteiger partial charge in [0.2, 0.25) is 0 Å². The maximum Gasteiger partial charge on any atom is 0.306 e. The summed E-state index contributed by atoms with van der Waals surface area (Å²) in [5, 5.41) is 8.53. The maximum absolute atomic E-state index is 11.3. The number of rotatable bonds is 79. The van der Waals surface area contributed by atoms with Crippen LogP contribution < -0.4 is 0 Å². The van der Waals surface area contributed by atoms with Crippen LogP contribution >= 0.6 is 0 Å². The van der Waals surface area contributed by atoms with Crippen LogP contribution in [0.4, 0.5) is 0 Å². The Labute approximate surface area is 586 Å². The number of esters is 1. The number of aliphatic carboxylic acids is 1. The Morgan fingerprint density at radius 3 is 0.525 bits per heavy atom. The maximum atomic E-state index is 11.3. The first-order valence-corrected chi connectivity index (χ1v) is 34.6. The molecule has 28 heteroatoms. The normalized spacial score (nSPS) is 11.7. The van der Waals surface area contributed by atoms with Gasteiger partial charge in [-0.3, -0.25) is 9.59 Å². The van der Waals surface area contributed by atoms with E-state index in [1.54, 1.807) is 0 Å². The van der Waals surface area contributed by atoms with Crippen LogP contribution in [0.3, 0.4) is 0 Å². The Morgan fingerprint density at radius 2 is 0.364 bits per heavy atom. The van der Waals surface area contributed by atoms with Gasteiger partial charge in [0.25, 0.3) is 0 Å². The molecule has 0 aliphatic heterocycles. The molecule has 0 fully saturated rings. The van der Waals surface area contributed by atoms with Gasteiger partial charge >= 0.3 is 11.9 Å². The van der Waals surface area contributed by atoms with E-state index in [-0.39, 0.29) is 26.1 Å². The fraction of sp³-hybridized carbons (Fsp3) is 0.718. The van der Waals surface area contributed by atoms with Crippen LogP contribution in [0, 0.1) is 0 Å². The van der Waals surface area contributed by atoms with Crippen molar-refractivity contribution in [1.82, 2.24) is 0 Å². The minimum Gasteiger partial charge on any atom is -0.481 e. The summed E-state index contributed by atoms with van der Waals surface area (Å²) >= 11 is 0. The monoisotopic (exact) mass is 1420 g/mol. The summed E-state index contributed by atoms with van der Waals surface area (Å²) in [4.78, 5) is 21.7. The summed E-state index contributed by atoms with van der Waals surface area (Å²) < 4.78 is 139. The molecule has 3 aromatic carbocycles. The third-order valence-electron chi connectivity index (χ3n) is 13.3. The fourth-order valence-electron chi connectivity index (χ4n) is 8.46. The zero-order valence-corrected chi connectivity index (χ0v) is 58.5. The van der Waals surface area contributed by atoms with E-state index in [2.05, 4.69) is 36.4 Å². The third kappa shape index (κ3) is 54.9. The van der Waals surface area contributed by atoms with E-state index in [0.29, 0.717) is 304 Å². The van der Waals surface area contributed by atoms with Gasteiger partial charge in [-0.05, 0) is 16.7 Å². The number of hydrogen-bond acceptors (Lipinski definition) is 27. The Balaban J connectivity index is 0.875. The highest BCUT2D eigenvalue weighted by molar-refractivity contribution is 5.76. The summed E-state index contributed by atoms with van der Waals surface area (Å²) in [6.07, 6.45) is -0.406. The molecule has 0 aromatic heterocycles. The van der Waals surface area contributed by atoms with Gasteiger partial charge in [0, 0.05) is 0 Å². The van der Waals surface area contributed by atoms with Gasteiger partial charge in [-0.15, -0.1) is 0 Å². The van der Waals surface area contributed by atoms with Gasteiger partial charge in [-0.25, -0.2) is 0 Å². The topological polar surface area (TPSA) is 285 Å². The first kappa shape index (κ1) is 88.9. The highest BCUT2D eigenvalue weighted by Crippen LogP contribution is 2.40. The Morgan fingerprint density at radius 1 is 0.212 bits per heavy atom. The highest BCUT2D eigenvalue weighted by Gasteiger charge is 2.37.